The van der Waals surface area contributed by atoms with E-state index in [4.69, 9.17) is 4.42 Å². The lowest BCUT2D eigenvalue weighted by Crippen LogP contribution is -2.42. The summed E-state index contributed by atoms with van der Waals surface area (Å²) in [4.78, 5) is 42.3. The van der Waals surface area contributed by atoms with Crippen molar-refractivity contribution in [2.24, 2.45) is 0 Å². The molecule has 4 aromatic heterocycles. The summed E-state index contributed by atoms with van der Waals surface area (Å²) >= 11 is 0. The molecule has 0 atom stereocenters. The van der Waals surface area contributed by atoms with Crippen LogP contribution in [0.3, 0.4) is 0 Å². The minimum Gasteiger partial charge on any atom is -0.472 e. The standard InChI is InChI=1S/C26H19F3N6O5/c27-26(28,29)21-4-2-1-3-19(21)14-32-15-20(11-31-32)22-23(35(38)39)24(36)34(13-18-7-10-40-16-18)25(37)33(22)12-17-5-8-30-9-6-17/h1-11,15-16H,12-14H2. The van der Waals surface area contributed by atoms with E-state index in [0.29, 0.717) is 11.1 Å². The Kier molecular flexibility index (Phi) is 6.90. The molecular formula is C26H19F3N6O5. The Hall–Kier alpha value is -5.27. The molecule has 1 aromatic carbocycles. The van der Waals surface area contributed by atoms with Gasteiger partial charge in [0.1, 0.15) is 5.69 Å². The summed E-state index contributed by atoms with van der Waals surface area (Å²) in [5.41, 5.74) is -3.11. The SMILES string of the molecule is O=c1c([N+](=O)[O-])c(-c2cnn(Cc3ccccc3C(F)(F)F)c2)n(Cc2ccncc2)c(=O)n1Cc1ccoc1. The second kappa shape index (κ2) is 10.5. The largest absolute Gasteiger partial charge is 0.472 e. The van der Waals surface area contributed by atoms with Crippen molar-refractivity contribution < 1.29 is 22.5 Å². The van der Waals surface area contributed by atoms with Gasteiger partial charge < -0.3 is 4.42 Å². The first-order valence-electron chi connectivity index (χ1n) is 11.7. The van der Waals surface area contributed by atoms with E-state index in [2.05, 4.69) is 10.1 Å². The number of halogens is 3. The Labute approximate surface area is 222 Å². The summed E-state index contributed by atoms with van der Waals surface area (Å²) in [5, 5.41) is 16.3. The van der Waals surface area contributed by atoms with Gasteiger partial charge in [0.15, 0.2) is 0 Å². The highest BCUT2D eigenvalue weighted by Crippen LogP contribution is 2.32. The third-order valence-electron chi connectivity index (χ3n) is 6.16. The molecule has 5 aromatic rings. The minimum atomic E-state index is -4.60. The van der Waals surface area contributed by atoms with Crippen LogP contribution >= 0.6 is 0 Å². The minimum absolute atomic E-state index is 0.00917. The number of hydrogen-bond donors (Lipinski definition) is 0. The van der Waals surface area contributed by atoms with Gasteiger partial charge in [-0.2, -0.15) is 18.3 Å². The first-order chi connectivity index (χ1) is 19.1. The average molecular weight is 552 g/mol. The molecule has 11 nitrogen and oxygen atoms in total. The van der Waals surface area contributed by atoms with Gasteiger partial charge in [0.25, 0.3) is 0 Å². The second-order valence-electron chi connectivity index (χ2n) is 8.78. The fourth-order valence-electron chi connectivity index (χ4n) is 4.35. The van der Waals surface area contributed by atoms with Crippen LogP contribution in [0.5, 0.6) is 0 Å². The monoisotopic (exact) mass is 552 g/mol. The zero-order valence-corrected chi connectivity index (χ0v) is 20.5. The predicted molar refractivity (Wildman–Crippen MR) is 135 cm³/mol. The maximum absolute atomic E-state index is 13.6. The topological polar surface area (TPSA) is 131 Å². The van der Waals surface area contributed by atoms with Crippen molar-refractivity contribution in [1.82, 2.24) is 23.9 Å². The van der Waals surface area contributed by atoms with E-state index in [1.165, 1.54) is 61.6 Å². The van der Waals surface area contributed by atoms with Gasteiger partial charge in [0, 0.05) is 29.7 Å². The molecule has 0 saturated heterocycles. The predicted octanol–water partition coefficient (Wildman–Crippen LogP) is 3.93. The van der Waals surface area contributed by atoms with Gasteiger partial charge in [-0.05, 0) is 35.4 Å². The number of furan rings is 1. The van der Waals surface area contributed by atoms with Crippen LogP contribution in [0.25, 0.3) is 11.3 Å². The van der Waals surface area contributed by atoms with Crippen molar-refractivity contribution in [2.45, 2.75) is 25.8 Å². The number of benzene rings is 1. The summed E-state index contributed by atoms with van der Waals surface area (Å²) in [6.07, 6.45) is 3.43. The fourth-order valence-corrected chi connectivity index (χ4v) is 4.35. The molecule has 14 heteroatoms. The number of pyridine rings is 1. The Morgan fingerprint density at radius 1 is 0.950 bits per heavy atom. The lowest BCUT2D eigenvalue weighted by molar-refractivity contribution is -0.386. The molecule has 0 bridgehead atoms. The molecule has 0 radical (unpaired) electrons. The molecule has 0 unspecified atom stereocenters. The summed E-state index contributed by atoms with van der Waals surface area (Å²) in [6.45, 7) is -0.750. The first-order valence-corrected chi connectivity index (χ1v) is 11.7. The molecule has 0 aliphatic rings. The molecule has 0 aliphatic heterocycles. The van der Waals surface area contributed by atoms with E-state index in [9.17, 15) is 32.9 Å². The number of nitrogens with zero attached hydrogens (tertiary/aromatic N) is 6. The van der Waals surface area contributed by atoms with Crippen LogP contribution < -0.4 is 11.2 Å². The van der Waals surface area contributed by atoms with E-state index < -0.39 is 33.6 Å². The molecule has 204 valence electrons. The van der Waals surface area contributed by atoms with Gasteiger partial charge >= 0.3 is 23.1 Å². The highest BCUT2D eigenvalue weighted by molar-refractivity contribution is 5.68. The summed E-state index contributed by atoms with van der Waals surface area (Å²) in [6, 6.07) is 9.67. The van der Waals surface area contributed by atoms with Crippen LogP contribution in [0, 0.1) is 10.1 Å². The molecule has 0 saturated carbocycles. The van der Waals surface area contributed by atoms with Crippen molar-refractivity contribution >= 4 is 5.69 Å². The molecule has 0 fully saturated rings. The van der Waals surface area contributed by atoms with Gasteiger partial charge in [0.2, 0.25) is 0 Å². The molecule has 5 rings (SSSR count). The average Bonchev–Trinajstić information content (AvgIpc) is 3.60. The quantitative estimate of drug-likeness (QED) is 0.211. The van der Waals surface area contributed by atoms with E-state index in [1.807, 2.05) is 0 Å². The van der Waals surface area contributed by atoms with Crippen LogP contribution in [-0.2, 0) is 25.8 Å². The number of nitro groups is 1. The Morgan fingerprint density at radius 3 is 2.35 bits per heavy atom. The van der Waals surface area contributed by atoms with Crippen molar-refractivity contribution in [3.63, 3.8) is 0 Å². The van der Waals surface area contributed by atoms with Crippen LogP contribution in [-0.4, -0.2) is 28.8 Å². The Bertz CT molecular complexity index is 1790. The van der Waals surface area contributed by atoms with Crippen molar-refractivity contribution in [1.29, 1.82) is 0 Å². The number of aromatic nitrogens is 5. The molecule has 4 heterocycles. The van der Waals surface area contributed by atoms with Crippen LogP contribution in [0.2, 0.25) is 0 Å². The van der Waals surface area contributed by atoms with Gasteiger partial charge in [-0.3, -0.25) is 29.1 Å². The van der Waals surface area contributed by atoms with Gasteiger partial charge in [-0.25, -0.2) is 9.36 Å². The zero-order valence-electron chi connectivity index (χ0n) is 20.5. The van der Waals surface area contributed by atoms with Crippen LogP contribution in [0.4, 0.5) is 18.9 Å². The van der Waals surface area contributed by atoms with E-state index in [1.54, 1.807) is 12.1 Å². The fraction of sp³-hybridized carbons (Fsp3) is 0.154. The molecule has 0 N–H and O–H groups in total. The van der Waals surface area contributed by atoms with Crippen LogP contribution in [0.1, 0.15) is 22.3 Å². The zero-order chi connectivity index (χ0) is 28.4. The normalized spacial score (nSPS) is 11.6. The Balaban J connectivity index is 1.67. The number of hydrogen-bond acceptors (Lipinski definition) is 7. The maximum Gasteiger partial charge on any atom is 0.416 e. The van der Waals surface area contributed by atoms with Gasteiger partial charge in [0.05, 0.1) is 48.8 Å². The highest BCUT2D eigenvalue weighted by atomic mass is 19.4. The maximum atomic E-state index is 13.6. The summed E-state index contributed by atoms with van der Waals surface area (Å²) < 4.78 is 48.4. The van der Waals surface area contributed by atoms with E-state index >= 15 is 0 Å². The summed E-state index contributed by atoms with van der Waals surface area (Å²) in [7, 11) is 0. The molecule has 0 spiro atoms. The lowest BCUT2D eigenvalue weighted by atomic mass is 10.1. The number of rotatable bonds is 8. The molecular weight excluding hydrogens is 533 g/mol. The number of alkyl halides is 3. The Morgan fingerprint density at radius 2 is 1.68 bits per heavy atom. The van der Waals surface area contributed by atoms with Crippen LogP contribution in [0.15, 0.2) is 93.8 Å². The third-order valence-corrected chi connectivity index (χ3v) is 6.16. The lowest BCUT2D eigenvalue weighted by Gasteiger charge is -2.15. The summed E-state index contributed by atoms with van der Waals surface area (Å²) in [5.74, 6) is 0. The smallest absolute Gasteiger partial charge is 0.416 e. The van der Waals surface area contributed by atoms with Crippen molar-refractivity contribution in [3.05, 3.63) is 133 Å². The second-order valence-corrected chi connectivity index (χ2v) is 8.78. The van der Waals surface area contributed by atoms with Gasteiger partial charge in [-0.15, -0.1) is 0 Å². The van der Waals surface area contributed by atoms with Gasteiger partial charge in [-0.1, -0.05) is 18.2 Å². The molecule has 0 aliphatic carbocycles. The molecule has 40 heavy (non-hydrogen) atoms. The third kappa shape index (κ3) is 5.18. The van der Waals surface area contributed by atoms with Crippen molar-refractivity contribution in [2.75, 3.05) is 0 Å². The van der Waals surface area contributed by atoms with E-state index in [-0.39, 0.29) is 36.5 Å². The first kappa shape index (κ1) is 26.3. The van der Waals surface area contributed by atoms with Crippen molar-refractivity contribution in [3.8, 4) is 11.3 Å². The highest BCUT2D eigenvalue weighted by Gasteiger charge is 2.33. The van der Waals surface area contributed by atoms with E-state index in [0.717, 1.165) is 19.9 Å². The molecule has 0 amide bonds.